The molecule has 0 spiro atoms. The van der Waals surface area contributed by atoms with E-state index in [0.29, 0.717) is 25.6 Å². The molecular formula is C21H25N3O2S. The van der Waals surface area contributed by atoms with E-state index in [9.17, 15) is 4.79 Å². The predicted octanol–water partition coefficient (Wildman–Crippen LogP) is 4.27. The molecule has 0 radical (unpaired) electrons. The lowest BCUT2D eigenvalue weighted by atomic mass is 10.0. The van der Waals surface area contributed by atoms with Gasteiger partial charge < -0.3 is 9.73 Å². The van der Waals surface area contributed by atoms with Gasteiger partial charge in [0.25, 0.3) is 0 Å². The van der Waals surface area contributed by atoms with Crippen LogP contribution in [-0.4, -0.2) is 29.4 Å². The highest BCUT2D eigenvalue weighted by Crippen LogP contribution is 2.26. The van der Waals surface area contributed by atoms with E-state index in [1.165, 1.54) is 5.56 Å². The molecule has 0 aliphatic rings. The second-order valence-corrected chi connectivity index (χ2v) is 7.81. The molecule has 6 heteroatoms. The molecule has 3 aromatic rings. The van der Waals surface area contributed by atoms with Crippen LogP contribution in [0.5, 0.6) is 0 Å². The van der Waals surface area contributed by atoms with Crippen molar-refractivity contribution in [2.75, 3.05) is 13.6 Å². The van der Waals surface area contributed by atoms with E-state index >= 15 is 0 Å². The molecule has 0 aliphatic heterocycles. The Morgan fingerprint density at radius 1 is 1.26 bits per heavy atom. The molecule has 0 saturated heterocycles. The summed E-state index contributed by atoms with van der Waals surface area (Å²) in [5.41, 5.74) is 3.44. The standard InChI is InChI=1S/C21H25N3O2S/c1-15(2)16-6-8-17(9-7-16)21-23-18(14-27-21)12-24(3)13-20(25)22-11-19-5-4-10-26-19/h4-10,14-15H,11-13H2,1-3H3,(H,22,25). The number of rotatable bonds is 8. The molecule has 0 unspecified atom stereocenters. The van der Waals surface area contributed by atoms with Gasteiger partial charge in [0.05, 0.1) is 25.0 Å². The normalized spacial score (nSPS) is 11.3. The van der Waals surface area contributed by atoms with E-state index in [2.05, 4.69) is 48.8 Å². The summed E-state index contributed by atoms with van der Waals surface area (Å²) in [5.74, 6) is 1.24. The van der Waals surface area contributed by atoms with Gasteiger partial charge in [-0.1, -0.05) is 38.1 Å². The number of benzene rings is 1. The number of likely N-dealkylation sites (N-methyl/N-ethyl adjacent to an activating group) is 1. The summed E-state index contributed by atoms with van der Waals surface area (Å²) < 4.78 is 5.21. The Balaban J connectivity index is 1.51. The molecule has 1 N–H and O–H groups in total. The fourth-order valence-corrected chi connectivity index (χ4v) is 3.57. The third kappa shape index (κ3) is 5.52. The number of thiazole rings is 1. The molecule has 0 fully saturated rings. The van der Waals surface area contributed by atoms with Crippen LogP contribution in [0.3, 0.4) is 0 Å². The zero-order valence-electron chi connectivity index (χ0n) is 15.9. The Hall–Kier alpha value is -2.44. The summed E-state index contributed by atoms with van der Waals surface area (Å²) in [4.78, 5) is 18.7. The van der Waals surface area contributed by atoms with Gasteiger partial charge in [-0.15, -0.1) is 11.3 Å². The second-order valence-electron chi connectivity index (χ2n) is 6.95. The monoisotopic (exact) mass is 383 g/mol. The minimum Gasteiger partial charge on any atom is -0.467 e. The SMILES string of the molecule is CC(C)c1ccc(-c2nc(CN(C)CC(=O)NCc3ccco3)cs2)cc1. The van der Waals surface area contributed by atoms with Gasteiger partial charge in [0.2, 0.25) is 5.91 Å². The van der Waals surface area contributed by atoms with Crippen LogP contribution in [0.2, 0.25) is 0 Å². The first kappa shape index (κ1) is 19.3. The Labute approximate surface area is 164 Å². The molecule has 27 heavy (non-hydrogen) atoms. The summed E-state index contributed by atoms with van der Waals surface area (Å²) in [6, 6.07) is 12.2. The zero-order chi connectivity index (χ0) is 19.2. The lowest BCUT2D eigenvalue weighted by Gasteiger charge is -2.14. The maximum Gasteiger partial charge on any atom is 0.234 e. The number of nitrogens with zero attached hydrogens (tertiary/aromatic N) is 2. The number of carbonyl (C=O) groups excluding carboxylic acids is 1. The third-order valence-corrected chi connectivity index (χ3v) is 5.20. The predicted molar refractivity (Wildman–Crippen MR) is 109 cm³/mol. The summed E-state index contributed by atoms with van der Waals surface area (Å²) in [5, 5.41) is 5.92. The highest BCUT2D eigenvalue weighted by molar-refractivity contribution is 7.13. The Morgan fingerprint density at radius 3 is 2.70 bits per heavy atom. The highest BCUT2D eigenvalue weighted by atomic mass is 32.1. The molecule has 0 bridgehead atoms. The summed E-state index contributed by atoms with van der Waals surface area (Å²) in [6.45, 7) is 5.74. The molecule has 1 aromatic carbocycles. The van der Waals surface area contributed by atoms with Crippen molar-refractivity contribution >= 4 is 17.2 Å². The molecule has 0 saturated carbocycles. The third-order valence-electron chi connectivity index (χ3n) is 4.26. The van der Waals surface area contributed by atoms with Crippen LogP contribution >= 0.6 is 11.3 Å². The number of amides is 1. The van der Waals surface area contributed by atoms with Crippen molar-refractivity contribution in [3.8, 4) is 10.6 Å². The minimum atomic E-state index is -0.0337. The second kappa shape index (κ2) is 8.97. The van der Waals surface area contributed by atoms with Crippen molar-refractivity contribution in [2.45, 2.75) is 32.9 Å². The van der Waals surface area contributed by atoms with Crippen molar-refractivity contribution in [3.63, 3.8) is 0 Å². The van der Waals surface area contributed by atoms with E-state index in [1.54, 1.807) is 17.6 Å². The van der Waals surface area contributed by atoms with Gasteiger partial charge >= 0.3 is 0 Å². The number of aromatic nitrogens is 1. The quantitative estimate of drug-likeness (QED) is 0.631. The van der Waals surface area contributed by atoms with Crippen LogP contribution in [0.1, 0.15) is 36.8 Å². The maximum atomic E-state index is 12.0. The lowest BCUT2D eigenvalue weighted by molar-refractivity contribution is -0.122. The van der Waals surface area contributed by atoms with E-state index in [1.807, 2.05) is 24.1 Å². The Kier molecular flexibility index (Phi) is 6.42. The fourth-order valence-electron chi connectivity index (χ4n) is 2.76. The number of carbonyl (C=O) groups is 1. The highest BCUT2D eigenvalue weighted by Gasteiger charge is 2.11. The van der Waals surface area contributed by atoms with Gasteiger partial charge in [0.15, 0.2) is 0 Å². The van der Waals surface area contributed by atoms with Crippen LogP contribution in [0.15, 0.2) is 52.5 Å². The number of furan rings is 1. The Bertz CT molecular complexity index is 854. The van der Waals surface area contributed by atoms with Gasteiger partial charge in [0.1, 0.15) is 10.8 Å². The van der Waals surface area contributed by atoms with E-state index in [4.69, 9.17) is 9.40 Å². The number of hydrogen-bond acceptors (Lipinski definition) is 5. The van der Waals surface area contributed by atoms with E-state index in [-0.39, 0.29) is 5.91 Å². The van der Waals surface area contributed by atoms with Crippen LogP contribution in [0.25, 0.3) is 10.6 Å². The smallest absolute Gasteiger partial charge is 0.234 e. The molecule has 2 heterocycles. The molecule has 0 aliphatic carbocycles. The summed E-state index contributed by atoms with van der Waals surface area (Å²) in [6.07, 6.45) is 1.60. The minimum absolute atomic E-state index is 0.0337. The first-order valence-electron chi connectivity index (χ1n) is 9.03. The number of hydrogen-bond donors (Lipinski definition) is 1. The van der Waals surface area contributed by atoms with Crippen LogP contribution < -0.4 is 5.32 Å². The lowest BCUT2D eigenvalue weighted by Crippen LogP contribution is -2.34. The van der Waals surface area contributed by atoms with E-state index < -0.39 is 0 Å². The first-order valence-corrected chi connectivity index (χ1v) is 9.91. The van der Waals surface area contributed by atoms with Crippen molar-refractivity contribution in [2.24, 2.45) is 0 Å². The average Bonchev–Trinajstić information content (AvgIpc) is 3.32. The summed E-state index contributed by atoms with van der Waals surface area (Å²) >= 11 is 1.64. The summed E-state index contributed by atoms with van der Waals surface area (Å²) in [7, 11) is 1.92. The van der Waals surface area contributed by atoms with Crippen LogP contribution in [0, 0.1) is 0 Å². The molecule has 3 rings (SSSR count). The van der Waals surface area contributed by atoms with Crippen molar-refractivity contribution in [3.05, 3.63) is 65.1 Å². The van der Waals surface area contributed by atoms with Crippen molar-refractivity contribution in [1.82, 2.24) is 15.2 Å². The molecule has 0 atom stereocenters. The maximum absolute atomic E-state index is 12.0. The fraction of sp³-hybridized carbons (Fsp3) is 0.333. The van der Waals surface area contributed by atoms with Crippen LogP contribution in [0.4, 0.5) is 0 Å². The zero-order valence-corrected chi connectivity index (χ0v) is 16.8. The van der Waals surface area contributed by atoms with E-state index in [0.717, 1.165) is 22.0 Å². The van der Waals surface area contributed by atoms with Gasteiger partial charge in [-0.2, -0.15) is 0 Å². The Morgan fingerprint density at radius 2 is 2.04 bits per heavy atom. The topological polar surface area (TPSA) is 58.4 Å². The first-order chi connectivity index (χ1) is 13.0. The molecule has 1 amide bonds. The molecule has 142 valence electrons. The largest absolute Gasteiger partial charge is 0.467 e. The van der Waals surface area contributed by atoms with Gasteiger partial charge in [-0.05, 0) is 30.7 Å². The number of nitrogens with one attached hydrogen (secondary N) is 1. The average molecular weight is 384 g/mol. The van der Waals surface area contributed by atoms with Crippen molar-refractivity contribution in [1.29, 1.82) is 0 Å². The van der Waals surface area contributed by atoms with Crippen molar-refractivity contribution < 1.29 is 9.21 Å². The molecule has 5 nitrogen and oxygen atoms in total. The molecular weight excluding hydrogens is 358 g/mol. The van der Waals surface area contributed by atoms with Gasteiger partial charge in [-0.25, -0.2) is 4.98 Å². The van der Waals surface area contributed by atoms with Crippen LogP contribution in [-0.2, 0) is 17.9 Å². The van der Waals surface area contributed by atoms with Gasteiger partial charge in [-0.3, -0.25) is 9.69 Å². The van der Waals surface area contributed by atoms with Gasteiger partial charge in [0, 0.05) is 17.5 Å². The molecule has 2 aromatic heterocycles.